The average Bonchev–Trinajstić information content (AvgIpc) is 1.21. The van der Waals surface area contributed by atoms with Crippen LogP contribution in [0.2, 0.25) is 19.6 Å². The molecule has 1 nitrogen and oxygen atoms in total. The maximum absolute atomic E-state index is 5.44. The van der Waals surface area contributed by atoms with E-state index in [9.17, 15) is 0 Å². The molecule has 3 heteroatoms. The van der Waals surface area contributed by atoms with E-state index in [-0.39, 0.29) is 0 Å². The van der Waals surface area contributed by atoms with E-state index in [1.54, 1.807) is 0 Å². The van der Waals surface area contributed by atoms with Gasteiger partial charge in [-0.1, -0.05) is 0 Å². The number of hydrogen-bond acceptors (Lipinski definition) is 1. The van der Waals surface area contributed by atoms with Crippen molar-refractivity contribution in [2.24, 2.45) is 0 Å². The Morgan fingerprint density at radius 1 is 1.38 bits per heavy atom. The van der Waals surface area contributed by atoms with E-state index < -0.39 is 8.32 Å². The van der Waals surface area contributed by atoms with Crippen molar-refractivity contribution in [1.82, 2.24) is 0 Å². The molecule has 0 fully saturated rings. The van der Waals surface area contributed by atoms with E-state index in [1.807, 2.05) is 6.92 Å². The Bertz CT molecular complexity index is 95.1. The van der Waals surface area contributed by atoms with Crippen LogP contribution in [0.25, 0.3) is 0 Å². The predicted octanol–water partition coefficient (Wildman–Crippen LogP) is 1.53. The first-order valence-electron chi connectivity index (χ1n) is 2.61. The van der Waals surface area contributed by atoms with Crippen molar-refractivity contribution in [2.45, 2.75) is 26.6 Å². The molecule has 0 bridgehead atoms. The standard InChI is InChI=1S/C5H12OSi.Cr/c1-5-6-7(2,3)4;/h1-4H3;. The summed E-state index contributed by atoms with van der Waals surface area (Å²) in [6, 6.07) is 0. The van der Waals surface area contributed by atoms with Gasteiger partial charge in [0.2, 0.25) is 0 Å². The minimum absolute atomic E-state index is 0.962. The third kappa shape index (κ3) is 6.58. The summed E-state index contributed by atoms with van der Waals surface area (Å²) in [4.78, 5) is 0. The van der Waals surface area contributed by atoms with E-state index in [0.29, 0.717) is 0 Å². The summed E-state index contributed by atoms with van der Waals surface area (Å²) in [6.07, 6.45) is 0. The van der Waals surface area contributed by atoms with Crippen molar-refractivity contribution in [3.05, 3.63) is 0 Å². The summed E-state index contributed by atoms with van der Waals surface area (Å²) in [7, 11) is -1.29. The van der Waals surface area contributed by atoms with Crippen molar-refractivity contribution >= 4 is 12.9 Å². The van der Waals surface area contributed by atoms with Gasteiger partial charge >= 0.3 is 59.7 Å². The van der Waals surface area contributed by atoms with Crippen LogP contribution in [0.3, 0.4) is 0 Å². The zero-order chi connectivity index (χ0) is 6.78. The Morgan fingerprint density at radius 2 is 1.75 bits per heavy atom. The summed E-state index contributed by atoms with van der Waals surface area (Å²) >= 11 is 2.83. The van der Waals surface area contributed by atoms with Crippen molar-refractivity contribution in [3.8, 4) is 0 Å². The zero-order valence-corrected chi connectivity index (χ0v) is 8.09. The van der Waals surface area contributed by atoms with Gasteiger partial charge in [-0.05, 0) is 0 Å². The first kappa shape index (κ1) is 8.58. The van der Waals surface area contributed by atoms with Gasteiger partial charge in [-0.15, -0.1) is 0 Å². The SMILES string of the molecule is C[C](=[Cr])O[Si](C)(C)C. The molecule has 0 spiro atoms. The van der Waals surface area contributed by atoms with Crippen LogP contribution >= 0.6 is 0 Å². The van der Waals surface area contributed by atoms with Gasteiger partial charge in [0.25, 0.3) is 0 Å². The molecule has 0 atom stereocenters. The number of hydrogen-bond donors (Lipinski definition) is 0. The first-order valence-corrected chi connectivity index (χ1v) is 6.66. The summed E-state index contributed by atoms with van der Waals surface area (Å²) < 4.78 is 6.40. The fourth-order valence-corrected chi connectivity index (χ4v) is 2.46. The summed E-state index contributed by atoms with van der Waals surface area (Å²) in [5.41, 5.74) is 0. The molecule has 0 aliphatic rings. The van der Waals surface area contributed by atoms with Crippen LogP contribution in [0.5, 0.6) is 0 Å². The molecule has 0 unspecified atom stereocenters. The monoisotopic (exact) mass is 168 g/mol. The van der Waals surface area contributed by atoms with Gasteiger partial charge in [-0.25, -0.2) is 0 Å². The van der Waals surface area contributed by atoms with Crippen molar-refractivity contribution < 1.29 is 20.3 Å². The third-order valence-electron chi connectivity index (χ3n) is 0.450. The summed E-state index contributed by atoms with van der Waals surface area (Å²) in [5.74, 6) is 0. The molecule has 0 amide bonds. The normalized spacial score (nSPS) is 11.5. The Kier molecular flexibility index (Phi) is 3.14. The van der Waals surface area contributed by atoms with Gasteiger partial charge in [0, 0.05) is 0 Å². The van der Waals surface area contributed by atoms with Gasteiger partial charge in [0.15, 0.2) is 0 Å². The molecule has 48 valence electrons. The fourth-order valence-electron chi connectivity index (χ4n) is 0.431. The van der Waals surface area contributed by atoms with Gasteiger partial charge in [0.05, 0.1) is 0 Å². The van der Waals surface area contributed by atoms with Crippen molar-refractivity contribution in [3.63, 3.8) is 0 Å². The van der Waals surface area contributed by atoms with Crippen molar-refractivity contribution in [2.75, 3.05) is 0 Å². The van der Waals surface area contributed by atoms with Crippen LogP contribution in [-0.4, -0.2) is 12.9 Å². The van der Waals surface area contributed by atoms with Gasteiger partial charge in [0.1, 0.15) is 0 Å². The van der Waals surface area contributed by atoms with Gasteiger partial charge in [-0.2, -0.15) is 0 Å². The Morgan fingerprint density at radius 3 is 1.75 bits per heavy atom. The van der Waals surface area contributed by atoms with Gasteiger partial charge in [-0.3, -0.25) is 0 Å². The molecular weight excluding hydrogens is 156 g/mol. The van der Waals surface area contributed by atoms with Crippen LogP contribution < -0.4 is 0 Å². The topological polar surface area (TPSA) is 9.23 Å². The fraction of sp³-hybridized carbons (Fsp3) is 0.800. The van der Waals surface area contributed by atoms with Crippen LogP contribution in [-0.2, 0) is 20.3 Å². The molecule has 8 heavy (non-hydrogen) atoms. The molecule has 0 heterocycles. The van der Waals surface area contributed by atoms with E-state index in [2.05, 4.69) is 35.5 Å². The van der Waals surface area contributed by atoms with Crippen molar-refractivity contribution in [1.29, 1.82) is 0 Å². The number of rotatable bonds is 2. The summed E-state index contributed by atoms with van der Waals surface area (Å²) in [5, 5.41) is 0. The molecule has 0 N–H and O–H groups in total. The zero-order valence-electron chi connectivity index (χ0n) is 5.82. The Hall–Kier alpha value is 0.579. The van der Waals surface area contributed by atoms with E-state index in [1.165, 1.54) is 0 Å². The van der Waals surface area contributed by atoms with Gasteiger partial charge < -0.3 is 0 Å². The van der Waals surface area contributed by atoms with E-state index >= 15 is 0 Å². The third-order valence-corrected chi connectivity index (χ3v) is 1.74. The van der Waals surface area contributed by atoms with Crippen LogP contribution in [0.4, 0.5) is 0 Å². The second-order valence-corrected chi connectivity index (χ2v) is 8.03. The summed E-state index contributed by atoms with van der Waals surface area (Å²) in [6.45, 7) is 8.42. The average molecular weight is 168 g/mol. The minimum atomic E-state index is -1.29. The second-order valence-electron chi connectivity index (χ2n) is 2.71. The molecule has 0 aliphatic carbocycles. The Labute approximate surface area is 60.1 Å². The molecular formula is C5H12CrOSi. The van der Waals surface area contributed by atoms with Crippen LogP contribution in [0, 0.1) is 0 Å². The molecule has 0 saturated heterocycles. The maximum atomic E-state index is 5.44. The quantitative estimate of drug-likeness (QED) is 0.568. The molecule has 0 saturated carbocycles. The second kappa shape index (κ2) is 2.93. The molecule has 0 aliphatic heterocycles. The molecule has 0 rings (SSSR count). The van der Waals surface area contributed by atoms with E-state index in [0.717, 1.165) is 4.57 Å². The predicted molar refractivity (Wildman–Crippen MR) is 35.1 cm³/mol. The Balaban J connectivity index is 3.55. The molecule has 0 aromatic heterocycles. The first-order chi connectivity index (χ1) is 3.42. The molecule has 0 radical (unpaired) electrons. The van der Waals surface area contributed by atoms with Crippen LogP contribution in [0.1, 0.15) is 6.92 Å². The molecule has 0 aromatic rings. The van der Waals surface area contributed by atoms with Crippen LogP contribution in [0.15, 0.2) is 0 Å². The molecule has 0 aromatic carbocycles. The van der Waals surface area contributed by atoms with E-state index in [4.69, 9.17) is 4.43 Å².